The molecule has 0 radical (unpaired) electrons. The quantitative estimate of drug-likeness (QED) is 0.0412. The maximum atomic E-state index is 13.7. The molecule has 4 aromatic rings. The van der Waals surface area contributed by atoms with Crippen molar-refractivity contribution in [3.05, 3.63) is 99.8 Å². The first-order valence-electron chi connectivity index (χ1n) is 13.9. The number of Topliss-reactive ketones (excluding diaryl/α,β-unsaturated/α-hetero) is 1. The number of hydrogen-bond donors (Lipinski definition) is 1. The number of anilines is 1. The van der Waals surface area contributed by atoms with Crippen LogP contribution in [0.25, 0.3) is 5.76 Å². The van der Waals surface area contributed by atoms with Crippen LogP contribution in [0, 0.1) is 5.82 Å². The van der Waals surface area contributed by atoms with Crippen LogP contribution in [0.1, 0.15) is 48.9 Å². The van der Waals surface area contributed by atoms with E-state index in [1.54, 1.807) is 24.3 Å². The number of thioether (sulfide) groups is 1. The molecule has 8 nitrogen and oxygen atoms in total. The first-order valence-corrected chi connectivity index (χ1v) is 16.1. The standard InChI is InChI=1S/C32H29ClFN3O5S2/c1-3-4-7-16-42-24-15-12-20(17-25(24)41-2)27-26(28(38)19-10-13-22(34)14-11-19)29(39)30(40)37(27)31-35-36-32(44-31)43-18-21-8-5-6-9-23(21)33/h5-6,8-15,17,27,38H,3-4,7,16,18H2,1-2H3/b28-26-. The fraction of sp³-hybridized carbons (Fsp3) is 0.250. The van der Waals surface area contributed by atoms with Crippen LogP contribution in [0.4, 0.5) is 9.52 Å². The molecule has 0 saturated carbocycles. The Bertz CT molecular complexity index is 1700. The Balaban J connectivity index is 1.54. The number of halogens is 2. The molecule has 0 bridgehead atoms. The number of benzene rings is 3. The summed E-state index contributed by atoms with van der Waals surface area (Å²) in [5, 5.41) is 20.6. The van der Waals surface area contributed by atoms with Gasteiger partial charge in [0, 0.05) is 16.3 Å². The summed E-state index contributed by atoms with van der Waals surface area (Å²) < 4.78 is 25.8. The van der Waals surface area contributed by atoms with Gasteiger partial charge in [-0.05, 0) is 60.0 Å². The van der Waals surface area contributed by atoms with Gasteiger partial charge < -0.3 is 14.6 Å². The number of amides is 1. The van der Waals surface area contributed by atoms with Crippen molar-refractivity contribution in [3.8, 4) is 11.5 Å². The lowest BCUT2D eigenvalue weighted by atomic mass is 9.95. The molecule has 1 aromatic heterocycles. The van der Waals surface area contributed by atoms with Crippen LogP contribution in [0.2, 0.25) is 5.02 Å². The molecule has 1 unspecified atom stereocenters. The lowest BCUT2D eigenvalue weighted by molar-refractivity contribution is -0.132. The zero-order valence-corrected chi connectivity index (χ0v) is 26.3. The number of unbranched alkanes of at least 4 members (excludes halogenated alkanes) is 2. The van der Waals surface area contributed by atoms with Crippen molar-refractivity contribution in [1.29, 1.82) is 0 Å². The van der Waals surface area contributed by atoms with Crippen molar-refractivity contribution < 1.29 is 28.6 Å². The largest absolute Gasteiger partial charge is 0.507 e. The minimum atomic E-state index is -1.07. The van der Waals surface area contributed by atoms with E-state index >= 15 is 0 Å². The Morgan fingerprint density at radius 1 is 1.07 bits per heavy atom. The first-order chi connectivity index (χ1) is 21.3. The number of aromatic nitrogens is 2. The van der Waals surface area contributed by atoms with Crippen LogP contribution >= 0.6 is 34.7 Å². The maximum absolute atomic E-state index is 13.7. The molecule has 2 heterocycles. The van der Waals surface area contributed by atoms with Gasteiger partial charge in [0.25, 0.3) is 5.78 Å². The van der Waals surface area contributed by atoms with Crippen molar-refractivity contribution in [1.82, 2.24) is 10.2 Å². The topological polar surface area (TPSA) is 102 Å². The summed E-state index contributed by atoms with van der Waals surface area (Å²) in [6, 6.07) is 16.5. The van der Waals surface area contributed by atoms with Gasteiger partial charge in [-0.15, -0.1) is 10.2 Å². The summed E-state index contributed by atoms with van der Waals surface area (Å²) in [7, 11) is 1.50. The molecule has 44 heavy (non-hydrogen) atoms. The molecule has 1 aliphatic rings. The number of aliphatic hydroxyl groups excluding tert-OH is 1. The van der Waals surface area contributed by atoms with E-state index < -0.39 is 29.3 Å². The van der Waals surface area contributed by atoms with Gasteiger partial charge in [-0.1, -0.05) is 78.7 Å². The molecule has 1 fully saturated rings. The second-order valence-corrected chi connectivity index (χ2v) is 12.5. The summed E-state index contributed by atoms with van der Waals surface area (Å²) in [5.41, 5.74) is 1.41. The highest BCUT2D eigenvalue weighted by molar-refractivity contribution is 8.00. The second-order valence-electron chi connectivity index (χ2n) is 9.87. The number of nitrogens with zero attached hydrogens (tertiary/aromatic N) is 3. The Morgan fingerprint density at radius 3 is 2.57 bits per heavy atom. The molecular formula is C32H29ClFN3O5S2. The average molecular weight is 654 g/mol. The fourth-order valence-electron chi connectivity index (χ4n) is 4.73. The Hall–Kier alpha value is -3.93. The number of carbonyl (C=O) groups is 2. The zero-order valence-electron chi connectivity index (χ0n) is 24.0. The Morgan fingerprint density at radius 2 is 1.84 bits per heavy atom. The van der Waals surface area contributed by atoms with Crippen molar-refractivity contribution in [2.45, 2.75) is 42.3 Å². The average Bonchev–Trinajstić information content (AvgIpc) is 3.60. The minimum absolute atomic E-state index is 0.166. The van der Waals surface area contributed by atoms with Gasteiger partial charge in [-0.25, -0.2) is 4.39 Å². The Labute approximate surface area is 267 Å². The third-order valence-electron chi connectivity index (χ3n) is 6.98. The van der Waals surface area contributed by atoms with E-state index in [2.05, 4.69) is 17.1 Å². The SMILES string of the molecule is CCCCCOc1ccc(C2/C(=C(/O)c3ccc(F)cc3)C(=O)C(=O)N2c2nnc(SCc3ccccc3Cl)s2)cc1OC. The first kappa shape index (κ1) is 31.5. The Kier molecular flexibility index (Phi) is 10.2. The molecule has 228 valence electrons. The molecule has 1 saturated heterocycles. The van der Waals surface area contributed by atoms with Gasteiger partial charge >= 0.3 is 5.91 Å². The molecule has 12 heteroatoms. The predicted molar refractivity (Wildman–Crippen MR) is 170 cm³/mol. The summed E-state index contributed by atoms with van der Waals surface area (Å²) in [6.07, 6.45) is 2.96. The van der Waals surface area contributed by atoms with Gasteiger partial charge in [0.15, 0.2) is 15.8 Å². The number of ketones is 1. The number of carbonyl (C=O) groups excluding carboxylic acids is 2. The van der Waals surface area contributed by atoms with E-state index in [1.165, 1.54) is 48.0 Å². The van der Waals surface area contributed by atoms with Gasteiger partial charge in [-0.3, -0.25) is 14.5 Å². The summed E-state index contributed by atoms with van der Waals surface area (Å²) in [6.45, 7) is 2.61. The fourth-order valence-corrected chi connectivity index (χ4v) is 6.88. The third-order valence-corrected chi connectivity index (χ3v) is 9.46. The molecule has 1 amide bonds. The van der Waals surface area contributed by atoms with E-state index in [4.69, 9.17) is 21.1 Å². The third kappa shape index (κ3) is 6.74. The molecule has 1 atom stereocenters. The van der Waals surface area contributed by atoms with Crippen LogP contribution in [-0.4, -0.2) is 40.7 Å². The molecular weight excluding hydrogens is 625 g/mol. The van der Waals surface area contributed by atoms with Crippen LogP contribution in [0.15, 0.2) is 76.6 Å². The molecule has 5 rings (SSSR count). The van der Waals surface area contributed by atoms with Gasteiger partial charge in [0.05, 0.1) is 25.3 Å². The molecule has 0 aliphatic carbocycles. The number of rotatable bonds is 12. The smallest absolute Gasteiger partial charge is 0.301 e. The van der Waals surface area contributed by atoms with Gasteiger partial charge in [-0.2, -0.15) is 0 Å². The van der Waals surface area contributed by atoms with Crippen LogP contribution in [-0.2, 0) is 15.3 Å². The molecule has 1 N–H and O–H groups in total. The highest BCUT2D eigenvalue weighted by atomic mass is 35.5. The van der Waals surface area contributed by atoms with E-state index in [0.717, 1.165) is 36.2 Å². The van der Waals surface area contributed by atoms with Crippen molar-refractivity contribution in [3.63, 3.8) is 0 Å². The molecule has 1 aliphatic heterocycles. The maximum Gasteiger partial charge on any atom is 0.301 e. The monoisotopic (exact) mass is 653 g/mol. The highest BCUT2D eigenvalue weighted by Gasteiger charge is 2.48. The minimum Gasteiger partial charge on any atom is -0.507 e. The van der Waals surface area contributed by atoms with E-state index in [1.807, 2.05) is 18.2 Å². The second kappa shape index (κ2) is 14.2. The van der Waals surface area contributed by atoms with Gasteiger partial charge in [0.2, 0.25) is 5.13 Å². The lowest BCUT2D eigenvalue weighted by Gasteiger charge is -2.23. The number of hydrogen-bond acceptors (Lipinski definition) is 9. The van der Waals surface area contributed by atoms with E-state index in [0.29, 0.717) is 38.8 Å². The van der Waals surface area contributed by atoms with Crippen LogP contribution in [0.5, 0.6) is 11.5 Å². The van der Waals surface area contributed by atoms with Crippen molar-refractivity contribution >= 4 is 57.3 Å². The number of methoxy groups -OCH3 is 1. The molecule has 3 aromatic carbocycles. The summed E-state index contributed by atoms with van der Waals surface area (Å²) in [5.74, 6) is -1.29. The van der Waals surface area contributed by atoms with E-state index in [9.17, 15) is 19.1 Å². The van der Waals surface area contributed by atoms with Crippen molar-refractivity contribution in [2.24, 2.45) is 0 Å². The van der Waals surface area contributed by atoms with Crippen LogP contribution in [0.3, 0.4) is 0 Å². The number of aliphatic hydroxyl groups is 1. The highest BCUT2D eigenvalue weighted by Crippen LogP contribution is 2.45. The van der Waals surface area contributed by atoms with Gasteiger partial charge in [0.1, 0.15) is 11.6 Å². The summed E-state index contributed by atoms with van der Waals surface area (Å²) in [4.78, 5) is 28.3. The summed E-state index contributed by atoms with van der Waals surface area (Å²) >= 11 is 8.83. The van der Waals surface area contributed by atoms with Crippen LogP contribution < -0.4 is 14.4 Å². The van der Waals surface area contributed by atoms with Crippen molar-refractivity contribution in [2.75, 3.05) is 18.6 Å². The normalized spacial score (nSPS) is 16.0. The number of ether oxygens (including phenoxy) is 2. The van der Waals surface area contributed by atoms with E-state index in [-0.39, 0.29) is 16.3 Å². The predicted octanol–water partition coefficient (Wildman–Crippen LogP) is 7.83. The lowest BCUT2D eigenvalue weighted by Crippen LogP contribution is -2.29. The molecule has 0 spiro atoms. The zero-order chi connectivity index (χ0) is 31.2.